The van der Waals surface area contributed by atoms with Gasteiger partial charge < -0.3 is 5.73 Å². The fourth-order valence-electron chi connectivity index (χ4n) is 3.98. The van der Waals surface area contributed by atoms with Gasteiger partial charge >= 0.3 is 0 Å². The third kappa shape index (κ3) is 3.08. The maximum absolute atomic E-state index is 6.22. The Bertz CT molecular complexity index is 241. The zero-order valence-electron chi connectivity index (χ0n) is 12.5. The summed E-state index contributed by atoms with van der Waals surface area (Å²) in [5.41, 5.74) is 6.57. The van der Waals surface area contributed by atoms with E-state index in [2.05, 4.69) is 18.7 Å². The van der Waals surface area contributed by atoms with Gasteiger partial charge in [-0.25, -0.2) is 0 Å². The summed E-state index contributed by atoms with van der Waals surface area (Å²) >= 11 is 0. The van der Waals surface area contributed by atoms with Crippen LogP contribution in [0.25, 0.3) is 0 Å². The van der Waals surface area contributed by atoms with Crippen molar-refractivity contribution in [3.8, 4) is 0 Å². The summed E-state index contributed by atoms with van der Waals surface area (Å²) in [5, 5.41) is 0. The van der Waals surface area contributed by atoms with Crippen LogP contribution in [0.15, 0.2) is 0 Å². The SMILES string of the molecule is CC(C)C1CCN(C2(CN)CCCCCCC2)C1. The molecule has 1 unspecified atom stereocenters. The fourth-order valence-corrected chi connectivity index (χ4v) is 3.98. The van der Waals surface area contributed by atoms with Gasteiger partial charge in [-0.2, -0.15) is 0 Å². The lowest BCUT2D eigenvalue weighted by molar-refractivity contribution is 0.0852. The first kappa shape index (κ1) is 14.3. The van der Waals surface area contributed by atoms with Crippen molar-refractivity contribution in [2.75, 3.05) is 19.6 Å². The zero-order valence-corrected chi connectivity index (χ0v) is 12.5. The third-order valence-corrected chi connectivity index (χ3v) is 5.50. The molecule has 106 valence electrons. The van der Waals surface area contributed by atoms with Crippen LogP contribution < -0.4 is 5.73 Å². The van der Waals surface area contributed by atoms with Gasteiger partial charge in [0.05, 0.1) is 0 Å². The Morgan fingerprint density at radius 1 is 1.11 bits per heavy atom. The van der Waals surface area contributed by atoms with Crippen molar-refractivity contribution in [3.05, 3.63) is 0 Å². The average molecular weight is 252 g/mol. The highest BCUT2D eigenvalue weighted by molar-refractivity contribution is 4.96. The minimum atomic E-state index is 0.351. The first-order valence-electron chi connectivity index (χ1n) is 8.13. The Morgan fingerprint density at radius 3 is 2.22 bits per heavy atom. The highest BCUT2D eigenvalue weighted by Crippen LogP contribution is 2.36. The van der Waals surface area contributed by atoms with E-state index in [0.29, 0.717) is 5.54 Å². The molecule has 0 aromatic carbocycles. The van der Waals surface area contributed by atoms with E-state index in [4.69, 9.17) is 5.73 Å². The van der Waals surface area contributed by atoms with Crippen molar-refractivity contribution in [2.45, 2.75) is 70.8 Å². The monoisotopic (exact) mass is 252 g/mol. The molecular formula is C16H32N2. The van der Waals surface area contributed by atoms with E-state index in [1.165, 1.54) is 64.5 Å². The topological polar surface area (TPSA) is 29.3 Å². The second-order valence-electron chi connectivity index (χ2n) is 6.94. The van der Waals surface area contributed by atoms with Crippen LogP contribution in [0.3, 0.4) is 0 Å². The number of hydrogen-bond acceptors (Lipinski definition) is 2. The standard InChI is InChI=1S/C16H32N2/c1-14(2)15-8-11-18(12-15)16(13-17)9-6-4-3-5-7-10-16/h14-15H,3-13,17H2,1-2H3. The first-order valence-corrected chi connectivity index (χ1v) is 8.13. The second kappa shape index (κ2) is 6.38. The molecule has 1 atom stereocenters. The fraction of sp³-hybridized carbons (Fsp3) is 1.00. The van der Waals surface area contributed by atoms with Gasteiger partial charge in [-0.1, -0.05) is 46.0 Å². The van der Waals surface area contributed by atoms with Crippen LogP contribution in [-0.4, -0.2) is 30.1 Å². The number of nitrogens with two attached hydrogens (primary N) is 1. The highest BCUT2D eigenvalue weighted by atomic mass is 15.2. The van der Waals surface area contributed by atoms with Gasteiger partial charge in [-0.05, 0) is 37.6 Å². The van der Waals surface area contributed by atoms with Crippen molar-refractivity contribution in [1.82, 2.24) is 4.90 Å². The quantitative estimate of drug-likeness (QED) is 0.834. The van der Waals surface area contributed by atoms with Crippen molar-refractivity contribution in [1.29, 1.82) is 0 Å². The Labute approximate surface area is 113 Å². The van der Waals surface area contributed by atoms with Crippen molar-refractivity contribution in [3.63, 3.8) is 0 Å². The van der Waals surface area contributed by atoms with E-state index in [1.54, 1.807) is 0 Å². The Balaban J connectivity index is 2.01. The molecule has 0 aromatic heterocycles. The molecule has 0 bridgehead atoms. The number of likely N-dealkylation sites (tertiary alicyclic amines) is 1. The van der Waals surface area contributed by atoms with Gasteiger partial charge in [0.2, 0.25) is 0 Å². The molecular weight excluding hydrogens is 220 g/mol. The number of rotatable bonds is 3. The van der Waals surface area contributed by atoms with Crippen molar-refractivity contribution in [2.24, 2.45) is 17.6 Å². The van der Waals surface area contributed by atoms with Crippen molar-refractivity contribution >= 4 is 0 Å². The zero-order chi connectivity index (χ0) is 13.0. The molecule has 0 spiro atoms. The molecule has 2 rings (SSSR count). The molecule has 0 aromatic rings. The van der Waals surface area contributed by atoms with E-state index in [-0.39, 0.29) is 0 Å². The molecule has 1 aliphatic carbocycles. The molecule has 1 saturated heterocycles. The van der Waals surface area contributed by atoms with Gasteiger partial charge in [0.25, 0.3) is 0 Å². The Hall–Kier alpha value is -0.0800. The van der Waals surface area contributed by atoms with E-state index in [0.717, 1.165) is 18.4 Å². The summed E-state index contributed by atoms with van der Waals surface area (Å²) < 4.78 is 0. The van der Waals surface area contributed by atoms with Gasteiger partial charge in [0, 0.05) is 18.6 Å². The lowest BCUT2D eigenvalue weighted by atomic mass is 9.82. The molecule has 1 saturated carbocycles. The molecule has 2 aliphatic rings. The molecule has 1 aliphatic heterocycles. The normalized spacial score (nSPS) is 30.3. The number of hydrogen-bond donors (Lipinski definition) is 1. The maximum atomic E-state index is 6.22. The van der Waals surface area contributed by atoms with Crippen LogP contribution in [0.4, 0.5) is 0 Å². The summed E-state index contributed by atoms with van der Waals surface area (Å²) in [6.07, 6.45) is 11.1. The average Bonchev–Trinajstić information content (AvgIpc) is 2.80. The van der Waals surface area contributed by atoms with Crippen LogP contribution >= 0.6 is 0 Å². The summed E-state index contributed by atoms with van der Waals surface area (Å²) in [7, 11) is 0. The predicted octanol–water partition coefficient (Wildman–Crippen LogP) is 3.41. The summed E-state index contributed by atoms with van der Waals surface area (Å²) in [4.78, 5) is 2.77. The predicted molar refractivity (Wildman–Crippen MR) is 78.6 cm³/mol. The van der Waals surface area contributed by atoms with Gasteiger partial charge in [0.15, 0.2) is 0 Å². The number of nitrogens with zero attached hydrogens (tertiary/aromatic N) is 1. The summed E-state index contributed by atoms with van der Waals surface area (Å²) in [6, 6.07) is 0. The van der Waals surface area contributed by atoms with Gasteiger partial charge in [-0.3, -0.25) is 4.90 Å². The minimum Gasteiger partial charge on any atom is -0.329 e. The smallest absolute Gasteiger partial charge is 0.0331 e. The van der Waals surface area contributed by atoms with Crippen molar-refractivity contribution < 1.29 is 0 Å². The molecule has 1 heterocycles. The van der Waals surface area contributed by atoms with E-state index >= 15 is 0 Å². The van der Waals surface area contributed by atoms with Crippen LogP contribution in [0.1, 0.15) is 65.2 Å². The lowest BCUT2D eigenvalue weighted by Gasteiger charge is -2.43. The summed E-state index contributed by atoms with van der Waals surface area (Å²) in [6.45, 7) is 8.22. The maximum Gasteiger partial charge on any atom is 0.0331 e. The highest BCUT2D eigenvalue weighted by Gasteiger charge is 2.39. The third-order valence-electron chi connectivity index (χ3n) is 5.50. The van der Waals surface area contributed by atoms with Crippen LogP contribution in [0, 0.1) is 11.8 Å². The van der Waals surface area contributed by atoms with Gasteiger partial charge in [0.1, 0.15) is 0 Å². The van der Waals surface area contributed by atoms with E-state index in [9.17, 15) is 0 Å². The Kier molecular flexibility index (Phi) is 5.08. The molecule has 2 heteroatoms. The van der Waals surface area contributed by atoms with Gasteiger partial charge in [-0.15, -0.1) is 0 Å². The molecule has 2 fully saturated rings. The van der Waals surface area contributed by atoms with Crippen LogP contribution in [0.2, 0.25) is 0 Å². The largest absolute Gasteiger partial charge is 0.329 e. The van der Waals surface area contributed by atoms with Crippen LogP contribution in [0.5, 0.6) is 0 Å². The second-order valence-corrected chi connectivity index (χ2v) is 6.94. The lowest BCUT2D eigenvalue weighted by Crippen LogP contribution is -2.53. The van der Waals surface area contributed by atoms with E-state index in [1.807, 2.05) is 0 Å². The Morgan fingerprint density at radius 2 is 1.72 bits per heavy atom. The summed E-state index contributed by atoms with van der Waals surface area (Å²) in [5.74, 6) is 1.73. The molecule has 2 nitrogen and oxygen atoms in total. The molecule has 18 heavy (non-hydrogen) atoms. The van der Waals surface area contributed by atoms with E-state index < -0.39 is 0 Å². The molecule has 2 N–H and O–H groups in total. The minimum absolute atomic E-state index is 0.351. The molecule has 0 amide bonds. The van der Waals surface area contributed by atoms with Crippen LogP contribution in [-0.2, 0) is 0 Å². The molecule has 0 radical (unpaired) electrons. The first-order chi connectivity index (χ1) is 8.68.